The lowest BCUT2D eigenvalue weighted by molar-refractivity contribution is -0.131. The number of aliphatic hydroxyl groups is 1. The molecule has 2 rings (SSSR count). The van der Waals surface area contributed by atoms with Crippen LogP contribution in [0.25, 0.3) is 6.08 Å². The van der Waals surface area contributed by atoms with Gasteiger partial charge in [0.2, 0.25) is 5.91 Å². The van der Waals surface area contributed by atoms with E-state index >= 15 is 0 Å². The fraction of sp³-hybridized carbons (Fsp3) is 0.500. The predicted octanol–water partition coefficient (Wildman–Crippen LogP) is 2.86. The number of likely N-dealkylation sites (tertiary alicyclic amines) is 1. The maximum absolute atomic E-state index is 12.3. The van der Waals surface area contributed by atoms with Crippen molar-refractivity contribution in [2.75, 3.05) is 13.2 Å². The van der Waals surface area contributed by atoms with Gasteiger partial charge in [0.05, 0.1) is 18.2 Å². The summed E-state index contributed by atoms with van der Waals surface area (Å²) in [5, 5.41) is 10.2. The third-order valence-electron chi connectivity index (χ3n) is 3.96. The summed E-state index contributed by atoms with van der Waals surface area (Å²) in [4.78, 5) is 14.1. The van der Waals surface area contributed by atoms with Gasteiger partial charge in [-0.1, -0.05) is 12.1 Å². The lowest BCUT2D eigenvalue weighted by Crippen LogP contribution is -2.47. The Morgan fingerprint density at radius 1 is 1.41 bits per heavy atom. The van der Waals surface area contributed by atoms with Crippen molar-refractivity contribution in [3.63, 3.8) is 0 Å². The first-order chi connectivity index (χ1) is 10.4. The second-order valence-electron chi connectivity index (χ2n) is 6.18. The van der Waals surface area contributed by atoms with Gasteiger partial charge >= 0.3 is 0 Å². The van der Waals surface area contributed by atoms with Crippen LogP contribution >= 0.6 is 0 Å². The Bertz CT molecular complexity index is 528. The highest BCUT2D eigenvalue weighted by Gasteiger charge is 2.37. The molecule has 1 fully saturated rings. The van der Waals surface area contributed by atoms with E-state index in [9.17, 15) is 9.90 Å². The van der Waals surface area contributed by atoms with E-state index in [2.05, 4.69) is 0 Å². The summed E-state index contributed by atoms with van der Waals surface area (Å²) in [6.45, 7) is 6.82. The van der Waals surface area contributed by atoms with Gasteiger partial charge in [0.1, 0.15) is 5.75 Å². The molecule has 0 radical (unpaired) electrons. The van der Waals surface area contributed by atoms with Crippen LogP contribution in [-0.2, 0) is 4.79 Å². The number of rotatable bonds is 5. The summed E-state index contributed by atoms with van der Waals surface area (Å²) >= 11 is 0. The third-order valence-corrected chi connectivity index (χ3v) is 3.96. The highest BCUT2D eigenvalue weighted by atomic mass is 16.5. The Morgan fingerprint density at radius 2 is 2.09 bits per heavy atom. The second-order valence-corrected chi connectivity index (χ2v) is 6.18. The van der Waals surface area contributed by atoms with E-state index in [0.717, 1.165) is 24.2 Å². The topological polar surface area (TPSA) is 49.8 Å². The smallest absolute Gasteiger partial charge is 0.246 e. The van der Waals surface area contributed by atoms with Gasteiger partial charge in [-0.2, -0.15) is 0 Å². The average molecular weight is 303 g/mol. The zero-order valence-corrected chi connectivity index (χ0v) is 13.6. The Kier molecular flexibility index (Phi) is 5.24. The molecule has 1 saturated heterocycles. The van der Waals surface area contributed by atoms with Crippen molar-refractivity contribution in [3.8, 4) is 5.75 Å². The van der Waals surface area contributed by atoms with Crippen molar-refractivity contribution in [3.05, 3.63) is 35.9 Å². The fourth-order valence-corrected chi connectivity index (χ4v) is 2.87. The van der Waals surface area contributed by atoms with Crippen LogP contribution in [0, 0.1) is 0 Å². The van der Waals surface area contributed by atoms with Crippen LogP contribution in [0.15, 0.2) is 30.3 Å². The Balaban J connectivity index is 2.01. The second kappa shape index (κ2) is 6.97. The summed E-state index contributed by atoms with van der Waals surface area (Å²) in [5.74, 6) is 0.783. The number of benzene rings is 1. The number of hydrogen-bond donors (Lipinski definition) is 1. The Hall–Kier alpha value is -1.81. The molecule has 1 aliphatic heterocycles. The average Bonchev–Trinajstić information content (AvgIpc) is 2.96. The van der Waals surface area contributed by atoms with Gasteiger partial charge in [0.15, 0.2) is 0 Å². The van der Waals surface area contributed by atoms with Crippen LogP contribution in [-0.4, -0.2) is 40.7 Å². The molecule has 0 aromatic heterocycles. The van der Waals surface area contributed by atoms with Crippen molar-refractivity contribution in [1.29, 1.82) is 0 Å². The monoisotopic (exact) mass is 303 g/mol. The van der Waals surface area contributed by atoms with Crippen LogP contribution in [0.1, 0.15) is 39.2 Å². The van der Waals surface area contributed by atoms with Crippen molar-refractivity contribution in [2.45, 2.75) is 45.3 Å². The minimum atomic E-state index is -0.862. The summed E-state index contributed by atoms with van der Waals surface area (Å²) < 4.78 is 5.39. The molecule has 1 unspecified atom stereocenters. The summed E-state index contributed by atoms with van der Waals surface area (Å²) in [7, 11) is 0. The zero-order valence-electron chi connectivity index (χ0n) is 13.6. The molecule has 1 aromatic carbocycles. The van der Waals surface area contributed by atoms with E-state index in [-0.39, 0.29) is 11.9 Å². The lowest BCUT2D eigenvalue weighted by Gasteiger charge is -2.33. The fourth-order valence-electron chi connectivity index (χ4n) is 2.87. The first-order valence-electron chi connectivity index (χ1n) is 7.85. The molecule has 0 aliphatic carbocycles. The first-order valence-corrected chi connectivity index (χ1v) is 7.85. The molecule has 1 N–H and O–H groups in total. The third kappa shape index (κ3) is 4.10. The number of ether oxygens (including phenoxy) is 1. The SMILES string of the molecule is CCOc1ccc(/C=C/C(=O)N2CCCC2C(C)(C)O)cc1. The van der Waals surface area contributed by atoms with Gasteiger partial charge in [-0.05, 0) is 57.4 Å². The number of amides is 1. The quantitative estimate of drug-likeness (QED) is 0.851. The normalized spacial score (nSPS) is 18.9. The summed E-state index contributed by atoms with van der Waals surface area (Å²) in [6, 6.07) is 7.52. The van der Waals surface area contributed by atoms with Gasteiger partial charge in [-0.15, -0.1) is 0 Å². The molecule has 22 heavy (non-hydrogen) atoms. The molecule has 1 amide bonds. The molecule has 1 heterocycles. The van der Waals surface area contributed by atoms with Gasteiger partial charge in [-0.25, -0.2) is 0 Å². The van der Waals surface area contributed by atoms with Gasteiger partial charge in [-0.3, -0.25) is 4.79 Å². The van der Waals surface area contributed by atoms with Crippen LogP contribution in [0.5, 0.6) is 5.75 Å². The van der Waals surface area contributed by atoms with E-state index < -0.39 is 5.60 Å². The van der Waals surface area contributed by atoms with E-state index in [4.69, 9.17) is 4.74 Å². The zero-order chi connectivity index (χ0) is 16.2. The summed E-state index contributed by atoms with van der Waals surface area (Å²) in [6.07, 6.45) is 5.18. The molecule has 1 atom stereocenters. The molecular formula is C18H25NO3. The molecule has 0 spiro atoms. The highest BCUT2D eigenvalue weighted by molar-refractivity contribution is 5.92. The van der Waals surface area contributed by atoms with Crippen molar-refractivity contribution in [1.82, 2.24) is 4.90 Å². The first kappa shape index (κ1) is 16.6. The highest BCUT2D eigenvalue weighted by Crippen LogP contribution is 2.27. The van der Waals surface area contributed by atoms with E-state index in [0.29, 0.717) is 13.2 Å². The molecule has 1 aliphatic rings. The Morgan fingerprint density at radius 3 is 2.68 bits per heavy atom. The van der Waals surface area contributed by atoms with E-state index in [1.807, 2.05) is 31.2 Å². The molecule has 0 saturated carbocycles. The number of nitrogens with zero attached hydrogens (tertiary/aromatic N) is 1. The number of carbonyl (C=O) groups is 1. The molecule has 120 valence electrons. The van der Waals surface area contributed by atoms with Gasteiger partial charge < -0.3 is 14.7 Å². The van der Waals surface area contributed by atoms with Crippen LogP contribution < -0.4 is 4.74 Å². The van der Waals surface area contributed by atoms with Crippen LogP contribution in [0.2, 0.25) is 0 Å². The Labute approximate surface area is 132 Å². The minimum Gasteiger partial charge on any atom is -0.494 e. The number of hydrogen-bond acceptors (Lipinski definition) is 3. The molecule has 0 bridgehead atoms. The molecule has 4 heteroatoms. The van der Waals surface area contributed by atoms with Crippen LogP contribution in [0.4, 0.5) is 0 Å². The van der Waals surface area contributed by atoms with Gasteiger partial charge in [0.25, 0.3) is 0 Å². The largest absolute Gasteiger partial charge is 0.494 e. The maximum atomic E-state index is 12.3. The standard InChI is InChI=1S/C18H25NO3/c1-4-22-15-10-7-14(8-11-15)9-12-17(20)19-13-5-6-16(19)18(2,3)21/h7-12,16,21H,4-6,13H2,1-3H3/b12-9+. The van der Waals surface area contributed by atoms with E-state index in [1.165, 1.54) is 0 Å². The van der Waals surface area contributed by atoms with Crippen molar-refractivity contribution in [2.24, 2.45) is 0 Å². The van der Waals surface area contributed by atoms with Crippen molar-refractivity contribution >= 4 is 12.0 Å². The molecule has 1 aromatic rings. The predicted molar refractivity (Wildman–Crippen MR) is 87.7 cm³/mol. The summed E-state index contributed by atoms with van der Waals surface area (Å²) in [5.41, 5.74) is 0.0925. The maximum Gasteiger partial charge on any atom is 0.246 e. The molecular weight excluding hydrogens is 278 g/mol. The van der Waals surface area contributed by atoms with Crippen molar-refractivity contribution < 1.29 is 14.6 Å². The minimum absolute atomic E-state index is 0.0430. The lowest BCUT2D eigenvalue weighted by atomic mass is 9.96. The van der Waals surface area contributed by atoms with Gasteiger partial charge in [0, 0.05) is 12.6 Å². The van der Waals surface area contributed by atoms with Crippen LogP contribution in [0.3, 0.4) is 0 Å². The molecule has 4 nitrogen and oxygen atoms in total. The van der Waals surface area contributed by atoms with E-state index in [1.54, 1.807) is 30.9 Å². The number of carbonyl (C=O) groups excluding carboxylic acids is 1.